The summed E-state index contributed by atoms with van der Waals surface area (Å²) < 4.78 is 7.30. The molecule has 2 aromatic carbocycles. The van der Waals surface area contributed by atoms with Crippen LogP contribution >= 0.6 is 11.3 Å². The molecule has 1 atom stereocenters. The lowest BCUT2D eigenvalue weighted by atomic mass is 9.62. The molecule has 3 heteroatoms. The maximum absolute atomic E-state index is 7.30. The molecule has 186 valence electrons. The number of rotatable bonds is 6. The topological polar surface area (TPSA) is 21.3 Å². The molecule has 1 N–H and O–H groups in total. The number of thiophene rings is 1. The second-order valence-corrected chi connectivity index (χ2v) is 13.6. The molecule has 0 saturated heterocycles. The zero-order chi connectivity index (χ0) is 25.9. The second kappa shape index (κ2) is 8.68. The van der Waals surface area contributed by atoms with Gasteiger partial charge in [-0.25, -0.2) is 0 Å². The van der Waals surface area contributed by atoms with Crippen LogP contribution in [0.3, 0.4) is 0 Å². The van der Waals surface area contributed by atoms with Crippen molar-refractivity contribution in [1.29, 1.82) is 0 Å². The van der Waals surface area contributed by atoms with Gasteiger partial charge in [0.05, 0.1) is 4.88 Å². The van der Waals surface area contributed by atoms with E-state index in [2.05, 4.69) is 126 Å². The van der Waals surface area contributed by atoms with Crippen molar-refractivity contribution in [2.24, 2.45) is 5.41 Å². The van der Waals surface area contributed by atoms with Gasteiger partial charge in [0, 0.05) is 26.8 Å². The summed E-state index contributed by atoms with van der Waals surface area (Å²) in [4.78, 5) is 2.68. The molecule has 0 bridgehead atoms. The minimum atomic E-state index is -0.561. The molecule has 3 rings (SSSR count). The van der Waals surface area contributed by atoms with Crippen molar-refractivity contribution in [2.75, 3.05) is 0 Å². The van der Waals surface area contributed by atoms with E-state index in [0.29, 0.717) is 0 Å². The fourth-order valence-electron chi connectivity index (χ4n) is 5.42. The molecule has 3 aromatic rings. The number of hydrogen-bond acceptors (Lipinski definition) is 3. The Morgan fingerprint density at radius 1 is 0.735 bits per heavy atom. The van der Waals surface area contributed by atoms with Crippen LogP contribution in [0.25, 0.3) is 10.8 Å². The van der Waals surface area contributed by atoms with E-state index in [-0.39, 0.29) is 16.5 Å². The van der Waals surface area contributed by atoms with Crippen LogP contribution in [-0.4, -0.2) is 11.1 Å². The van der Waals surface area contributed by atoms with Crippen molar-refractivity contribution in [1.82, 2.24) is 5.32 Å². The summed E-state index contributed by atoms with van der Waals surface area (Å²) in [6.45, 7) is 29.5. The third kappa shape index (κ3) is 4.42. The van der Waals surface area contributed by atoms with E-state index in [0.717, 1.165) is 5.75 Å². The summed E-state index contributed by atoms with van der Waals surface area (Å²) in [5, 5.41) is 6.40. The molecular formula is C31H45NOS. The lowest BCUT2D eigenvalue weighted by molar-refractivity contribution is -0.0827. The molecule has 0 spiro atoms. The highest BCUT2D eigenvalue weighted by molar-refractivity contribution is 7.12. The molecule has 0 amide bonds. The van der Waals surface area contributed by atoms with Gasteiger partial charge in [0.1, 0.15) is 11.4 Å². The van der Waals surface area contributed by atoms with Gasteiger partial charge in [0.25, 0.3) is 0 Å². The highest BCUT2D eigenvalue weighted by Gasteiger charge is 2.55. The van der Waals surface area contributed by atoms with Gasteiger partial charge in [0.2, 0.25) is 0 Å². The molecule has 1 heterocycles. The Morgan fingerprint density at radius 2 is 1.32 bits per heavy atom. The number of ether oxygens (including phenoxy) is 1. The van der Waals surface area contributed by atoms with Gasteiger partial charge in [-0.3, -0.25) is 0 Å². The molecule has 0 radical (unpaired) electrons. The zero-order valence-electron chi connectivity index (χ0n) is 23.7. The Bertz CT molecular complexity index is 1200. The summed E-state index contributed by atoms with van der Waals surface area (Å²) in [7, 11) is 0. The highest BCUT2D eigenvalue weighted by atomic mass is 32.1. The first-order chi connectivity index (χ1) is 15.4. The number of hydrogen-bond donors (Lipinski definition) is 1. The molecule has 0 unspecified atom stereocenters. The van der Waals surface area contributed by atoms with Crippen molar-refractivity contribution in [3.63, 3.8) is 0 Å². The van der Waals surface area contributed by atoms with Crippen LogP contribution in [0.4, 0.5) is 0 Å². The molecule has 1 aromatic heterocycles. The van der Waals surface area contributed by atoms with Crippen molar-refractivity contribution in [3.05, 3.63) is 62.3 Å². The first-order valence-electron chi connectivity index (χ1n) is 12.5. The minimum absolute atomic E-state index is 0.0221. The van der Waals surface area contributed by atoms with Crippen LogP contribution in [0.2, 0.25) is 0 Å². The molecule has 0 aliphatic carbocycles. The third-order valence-electron chi connectivity index (χ3n) is 8.29. The van der Waals surface area contributed by atoms with Crippen LogP contribution < -0.4 is 10.1 Å². The zero-order valence-corrected chi connectivity index (χ0v) is 24.5. The van der Waals surface area contributed by atoms with Crippen LogP contribution in [0.1, 0.15) is 87.4 Å². The van der Waals surface area contributed by atoms with Crippen molar-refractivity contribution in [3.8, 4) is 5.75 Å². The van der Waals surface area contributed by atoms with Gasteiger partial charge in [0.15, 0.2) is 0 Å². The molecular weight excluding hydrogens is 434 g/mol. The van der Waals surface area contributed by atoms with Gasteiger partial charge >= 0.3 is 0 Å². The average molecular weight is 480 g/mol. The van der Waals surface area contributed by atoms with E-state index in [9.17, 15) is 0 Å². The first-order valence-corrected chi connectivity index (χ1v) is 13.3. The Kier molecular flexibility index (Phi) is 6.83. The lowest BCUT2D eigenvalue weighted by Gasteiger charge is -2.55. The van der Waals surface area contributed by atoms with E-state index in [1.165, 1.54) is 42.8 Å². The van der Waals surface area contributed by atoms with Crippen molar-refractivity contribution in [2.45, 2.75) is 107 Å². The Balaban J connectivity index is 2.30. The predicted octanol–water partition coefficient (Wildman–Crippen LogP) is 8.93. The lowest BCUT2D eigenvalue weighted by Crippen LogP contribution is -2.65. The van der Waals surface area contributed by atoms with Crippen molar-refractivity contribution < 1.29 is 4.74 Å². The van der Waals surface area contributed by atoms with Crippen LogP contribution in [0.5, 0.6) is 5.75 Å². The second-order valence-electron chi connectivity index (χ2n) is 12.4. The fourth-order valence-corrected chi connectivity index (χ4v) is 6.83. The quantitative estimate of drug-likeness (QED) is 0.381. The van der Waals surface area contributed by atoms with Gasteiger partial charge in [-0.15, -0.1) is 11.3 Å². The van der Waals surface area contributed by atoms with E-state index in [4.69, 9.17) is 4.74 Å². The Labute approximate surface area is 212 Å². The van der Waals surface area contributed by atoms with Crippen LogP contribution in [0, 0.1) is 40.0 Å². The summed E-state index contributed by atoms with van der Waals surface area (Å²) in [6, 6.07) is 10.9. The normalized spacial score (nSPS) is 15.0. The standard InChI is InChI=1S/C31H45NOS/c1-19-15-14-16-24-25(18-17-20(2)26(19)24)33-31(13,27-22(4)21(3)23(5)34-27)29(9,10)30(11,12)32-28(6,7)8/h14-18,32H,1-13H3/t31-/m1/s1. The molecule has 2 nitrogen and oxygen atoms in total. The van der Waals surface area contributed by atoms with Gasteiger partial charge in [-0.1, -0.05) is 38.1 Å². The summed E-state index contributed by atoms with van der Waals surface area (Å²) in [5.74, 6) is 0.953. The van der Waals surface area contributed by atoms with Gasteiger partial charge in [-0.05, 0) is 110 Å². The number of fused-ring (bicyclic) bond motifs is 1. The average Bonchev–Trinajstić information content (AvgIpc) is 2.95. The first kappa shape index (κ1) is 26.8. The van der Waals surface area contributed by atoms with E-state index in [1.807, 2.05) is 11.3 Å². The highest BCUT2D eigenvalue weighted by Crippen LogP contribution is 2.54. The number of nitrogens with one attached hydrogen (secondary N) is 1. The molecule has 0 aliphatic rings. The SMILES string of the molecule is Cc1sc([C@@](C)(Oc2ccc(C)c3c(C)cccc23)C(C)(C)C(C)(C)NC(C)(C)C)c(C)c1C. The van der Waals surface area contributed by atoms with E-state index in [1.54, 1.807) is 0 Å². The van der Waals surface area contributed by atoms with Crippen molar-refractivity contribution >= 4 is 22.1 Å². The number of aryl methyl sites for hydroxylation is 3. The number of benzene rings is 2. The van der Waals surface area contributed by atoms with Crippen LogP contribution in [-0.2, 0) is 5.60 Å². The Hall–Kier alpha value is -1.84. The smallest absolute Gasteiger partial charge is 0.147 e. The summed E-state index contributed by atoms with van der Waals surface area (Å²) in [5.41, 5.74) is 4.23. The van der Waals surface area contributed by atoms with Gasteiger partial charge < -0.3 is 10.1 Å². The monoisotopic (exact) mass is 479 g/mol. The van der Waals surface area contributed by atoms with E-state index >= 15 is 0 Å². The molecule has 34 heavy (non-hydrogen) atoms. The maximum Gasteiger partial charge on any atom is 0.147 e. The predicted molar refractivity (Wildman–Crippen MR) is 151 cm³/mol. The molecule has 0 saturated carbocycles. The van der Waals surface area contributed by atoms with E-state index < -0.39 is 5.60 Å². The minimum Gasteiger partial charge on any atom is -0.481 e. The molecule has 0 fully saturated rings. The summed E-state index contributed by atoms with van der Waals surface area (Å²) in [6.07, 6.45) is 0. The maximum atomic E-state index is 7.30. The van der Waals surface area contributed by atoms with Crippen LogP contribution in [0.15, 0.2) is 30.3 Å². The largest absolute Gasteiger partial charge is 0.481 e. The third-order valence-corrected chi connectivity index (χ3v) is 9.81. The summed E-state index contributed by atoms with van der Waals surface area (Å²) >= 11 is 1.89. The Morgan fingerprint density at radius 3 is 1.85 bits per heavy atom. The fraction of sp³-hybridized carbons (Fsp3) is 0.548. The molecule has 0 aliphatic heterocycles. The van der Waals surface area contributed by atoms with Gasteiger partial charge in [-0.2, -0.15) is 0 Å².